The molecule has 1 aromatic heterocycles. The smallest absolute Gasteiger partial charge is 0.411 e. The van der Waals surface area contributed by atoms with E-state index in [0.29, 0.717) is 12.8 Å². The van der Waals surface area contributed by atoms with Gasteiger partial charge in [0.1, 0.15) is 30.3 Å². The predicted octanol–water partition coefficient (Wildman–Crippen LogP) is 4.11. The molecule has 0 radical (unpaired) electrons. The van der Waals surface area contributed by atoms with Gasteiger partial charge in [0.25, 0.3) is 5.89 Å². The molecule has 1 saturated carbocycles. The van der Waals surface area contributed by atoms with Crippen molar-refractivity contribution in [3.8, 4) is 0 Å². The Kier molecular flexibility index (Phi) is 8.32. The number of ether oxygens (including phenoxy) is 2. The molecule has 1 spiro atoms. The Labute approximate surface area is 232 Å². The van der Waals surface area contributed by atoms with Gasteiger partial charge < -0.3 is 24.0 Å². The number of carbonyl (C=O) groups is 2. The first-order chi connectivity index (χ1) is 18.9. The summed E-state index contributed by atoms with van der Waals surface area (Å²) < 4.78 is 94.7. The summed E-state index contributed by atoms with van der Waals surface area (Å²) in [6.07, 6.45) is -10.2. The number of rotatable bonds is 5. The van der Waals surface area contributed by atoms with E-state index >= 15 is 0 Å². The zero-order valence-electron chi connectivity index (χ0n) is 23.0. The highest BCUT2D eigenvalue weighted by atomic mass is 19.4. The quantitative estimate of drug-likeness (QED) is 0.502. The SMILES string of the molecule is CC(C)(C)OC(=O)N1CC2(CCC2)[C@H](O)C[C@H]1C(=O)N1CCC(c2noc(COCC(F)(F)F)n2)(C(F)(F)F)CC1. The van der Waals surface area contributed by atoms with Crippen molar-refractivity contribution >= 4 is 12.0 Å². The summed E-state index contributed by atoms with van der Waals surface area (Å²) in [5, 5.41) is 14.3. The van der Waals surface area contributed by atoms with Gasteiger partial charge in [0.15, 0.2) is 5.82 Å². The van der Waals surface area contributed by atoms with Gasteiger partial charge in [0, 0.05) is 31.5 Å². The zero-order valence-corrected chi connectivity index (χ0v) is 23.0. The van der Waals surface area contributed by atoms with Crippen molar-refractivity contribution < 1.29 is 55.0 Å². The molecule has 0 unspecified atom stereocenters. The Morgan fingerprint density at radius 1 is 1.07 bits per heavy atom. The molecule has 2 atom stereocenters. The summed E-state index contributed by atoms with van der Waals surface area (Å²) in [6.45, 7) is 1.92. The summed E-state index contributed by atoms with van der Waals surface area (Å²) in [4.78, 5) is 32.9. The maximum atomic E-state index is 14.4. The number of alkyl halides is 6. The van der Waals surface area contributed by atoms with Gasteiger partial charge in [0.2, 0.25) is 5.91 Å². The third-order valence-corrected chi connectivity index (χ3v) is 8.14. The van der Waals surface area contributed by atoms with E-state index in [2.05, 4.69) is 14.9 Å². The molecule has 2 aliphatic heterocycles. The van der Waals surface area contributed by atoms with E-state index in [9.17, 15) is 41.0 Å². The molecule has 1 aliphatic carbocycles. The summed E-state index contributed by atoms with van der Waals surface area (Å²) in [5.74, 6) is -1.90. The number of hydrogen-bond acceptors (Lipinski definition) is 8. The number of carbonyl (C=O) groups excluding carboxylic acids is 2. The van der Waals surface area contributed by atoms with Crippen LogP contribution < -0.4 is 0 Å². The number of piperidine rings is 2. The molecular formula is C25H34F6N4O6. The van der Waals surface area contributed by atoms with Gasteiger partial charge in [-0.3, -0.25) is 9.69 Å². The van der Waals surface area contributed by atoms with Crippen LogP contribution in [-0.2, 0) is 26.3 Å². The zero-order chi connectivity index (χ0) is 30.4. The number of amides is 2. The Morgan fingerprint density at radius 2 is 1.71 bits per heavy atom. The molecule has 0 aromatic carbocycles. The molecule has 1 N–H and O–H groups in total. The first-order valence-electron chi connectivity index (χ1n) is 13.4. The van der Waals surface area contributed by atoms with Crippen LogP contribution in [0.25, 0.3) is 0 Å². The maximum Gasteiger partial charge on any atom is 0.411 e. The van der Waals surface area contributed by atoms with Crippen molar-refractivity contribution in [2.75, 3.05) is 26.2 Å². The van der Waals surface area contributed by atoms with Crippen LogP contribution >= 0.6 is 0 Å². The lowest BCUT2D eigenvalue weighted by atomic mass is 9.61. The Hall–Kier alpha value is -2.62. The van der Waals surface area contributed by atoms with Crippen molar-refractivity contribution in [2.24, 2.45) is 5.41 Å². The van der Waals surface area contributed by atoms with Crippen LogP contribution in [0, 0.1) is 5.41 Å². The largest absolute Gasteiger partial charge is 0.444 e. The van der Waals surface area contributed by atoms with Crippen LogP contribution in [0.3, 0.4) is 0 Å². The molecule has 232 valence electrons. The van der Waals surface area contributed by atoms with Gasteiger partial charge in [-0.05, 0) is 46.5 Å². The normalized spacial score (nSPS) is 24.7. The van der Waals surface area contributed by atoms with Gasteiger partial charge in [-0.1, -0.05) is 11.6 Å². The Morgan fingerprint density at radius 3 is 2.22 bits per heavy atom. The molecular weight excluding hydrogens is 566 g/mol. The van der Waals surface area contributed by atoms with E-state index in [-0.39, 0.29) is 26.1 Å². The van der Waals surface area contributed by atoms with Crippen LogP contribution in [0.15, 0.2) is 4.52 Å². The fourth-order valence-corrected chi connectivity index (χ4v) is 5.73. The number of likely N-dealkylation sites (tertiary alicyclic amines) is 2. The Bertz CT molecular complexity index is 1110. The fourth-order valence-electron chi connectivity index (χ4n) is 5.73. The predicted molar refractivity (Wildman–Crippen MR) is 127 cm³/mol. The van der Waals surface area contributed by atoms with Gasteiger partial charge >= 0.3 is 18.4 Å². The molecule has 0 bridgehead atoms. The molecule has 2 saturated heterocycles. The van der Waals surface area contributed by atoms with E-state index in [4.69, 9.17) is 9.26 Å². The molecule has 2 amide bonds. The van der Waals surface area contributed by atoms with Crippen LogP contribution in [-0.4, -0.2) is 93.4 Å². The molecule has 3 heterocycles. The van der Waals surface area contributed by atoms with Crippen molar-refractivity contribution in [1.82, 2.24) is 19.9 Å². The molecule has 41 heavy (non-hydrogen) atoms. The van der Waals surface area contributed by atoms with E-state index in [1.807, 2.05) is 0 Å². The van der Waals surface area contributed by atoms with Gasteiger partial charge in [-0.2, -0.15) is 31.3 Å². The van der Waals surface area contributed by atoms with Crippen LogP contribution in [0.2, 0.25) is 0 Å². The van der Waals surface area contributed by atoms with E-state index < -0.39 is 90.7 Å². The first-order valence-corrected chi connectivity index (χ1v) is 13.4. The van der Waals surface area contributed by atoms with Crippen LogP contribution in [0.4, 0.5) is 31.1 Å². The van der Waals surface area contributed by atoms with Gasteiger partial charge in [-0.15, -0.1) is 0 Å². The minimum absolute atomic E-state index is 0.0644. The molecule has 10 nitrogen and oxygen atoms in total. The van der Waals surface area contributed by atoms with Crippen molar-refractivity contribution in [2.45, 2.75) is 101 Å². The van der Waals surface area contributed by atoms with E-state index in [1.165, 1.54) is 9.80 Å². The Balaban J connectivity index is 1.49. The van der Waals surface area contributed by atoms with Gasteiger partial charge in [0.05, 0.1) is 6.10 Å². The lowest BCUT2D eigenvalue weighted by Gasteiger charge is -2.54. The number of aliphatic hydroxyl groups is 1. The topological polar surface area (TPSA) is 118 Å². The molecule has 4 rings (SSSR count). The van der Waals surface area contributed by atoms with E-state index in [0.717, 1.165) is 6.42 Å². The molecule has 3 aliphatic rings. The number of aromatic nitrogens is 2. The standard InChI is InChI=1S/C25H34F6N4O6/c1-21(2,3)40-20(38)35-13-22(5-4-6-22)16(36)11-15(35)18(37)34-9-7-23(8-10-34,25(29,30)31)19-32-17(41-33-19)12-39-14-24(26,27)28/h15-16,36H,4-14H2,1-3H3/t15-,16+/m0/s1. The lowest BCUT2D eigenvalue weighted by Crippen LogP contribution is -2.65. The number of halogens is 6. The highest BCUT2D eigenvalue weighted by molar-refractivity contribution is 5.86. The summed E-state index contributed by atoms with van der Waals surface area (Å²) >= 11 is 0. The second-order valence-corrected chi connectivity index (χ2v) is 12.1. The molecule has 3 fully saturated rings. The fraction of sp³-hybridized carbons (Fsp3) is 0.840. The van der Waals surface area contributed by atoms with Crippen LogP contribution in [0.1, 0.15) is 71.0 Å². The second-order valence-electron chi connectivity index (χ2n) is 12.1. The summed E-state index contributed by atoms with van der Waals surface area (Å²) in [5.41, 5.74) is -4.00. The summed E-state index contributed by atoms with van der Waals surface area (Å²) in [7, 11) is 0. The van der Waals surface area contributed by atoms with Gasteiger partial charge in [-0.25, -0.2) is 4.79 Å². The monoisotopic (exact) mass is 600 g/mol. The van der Waals surface area contributed by atoms with Crippen LogP contribution in [0.5, 0.6) is 0 Å². The van der Waals surface area contributed by atoms with Crippen molar-refractivity contribution in [3.05, 3.63) is 11.7 Å². The number of aliphatic hydroxyl groups excluding tert-OH is 1. The maximum absolute atomic E-state index is 14.4. The van der Waals surface area contributed by atoms with Crippen molar-refractivity contribution in [3.63, 3.8) is 0 Å². The summed E-state index contributed by atoms with van der Waals surface area (Å²) in [6, 6.07) is -1.12. The minimum atomic E-state index is -4.86. The number of nitrogens with zero attached hydrogens (tertiary/aromatic N) is 4. The van der Waals surface area contributed by atoms with Crippen molar-refractivity contribution in [1.29, 1.82) is 0 Å². The molecule has 16 heteroatoms. The average molecular weight is 601 g/mol. The highest BCUT2D eigenvalue weighted by Crippen LogP contribution is 2.50. The number of hydrogen-bond donors (Lipinski definition) is 1. The lowest BCUT2D eigenvalue weighted by molar-refractivity contribution is -0.207. The average Bonchev–Trinajstić information content (AvgIpc) is 3.29. The van der Waals surface area contributed by atoms with E-state index in [1.54, 1.807) is 20.8 Å². The third kappa shape index (κ3) is 6.57. The molecule has 1 aromatic rings. The highest BCUT2D eigenvalue weighted by Gasteiger charge is 2.61. The minimum Gasteiger partial charge on any atom is -0.444 e. The first kappa shape index (κ1) is 31.3. The second kappa shape index (κ2) is 10.9. The third-order valence-electron chi connectivity index (χ3n) is 8.14.